The van der Waals surface area contributed by atoms with Crippen molar-refractivity contribution in [1.29, 1.82) is 0 Å². The van der Waals surface area contributed by atoms with Crippen molar-refractivity contribution in [3.8, 4) is 0 Å². The molecule has 1 radical (unpaired) electrons. The van der Waals surface area contributed by atoms with Crippen molar-refractivity contribution in [3.05, 3.63) is 11.3 Å². The molecule has 0 saturated carbocycles. The van der Waals surface area contributed by atoms with Crippen LogP contribution in [0.1, 0.15) is 25.6 Å². The summed E-state index contributed by atoms with van der Waals surface area (Å²) in [5, 5.41) is 0. The Labute approximate surface area is 52.7 Å². The molecule has 8 heavy (non-hydrogen) atoms. The van der Waals surface area contributed by atoms with E-state index in [1.165, 1.54) is 11.5 Å². The second-order valence-corrected chi connectivity index (χ2v) is 2.45. The summed E-state index contributed by atoms with van der Waals surface area (Å²) in [6.45, 7) is 4.13. The second-order valence-electron chi connectivity index (χ2n) is 1.90. The predicted molar refractivity (Wildman–Crippen MR) is 32.8 cm³/mol. The van der Waals surface area contributed by atoms with Crippen LogP contribution < -0.4 is 0 Å². The molecular formula is C5H7N2S. The van der Waals surface area contributed by atoms with Crippen LogP contribution in [0.15, 0.2) is 0 Å². The van der Waals surface area contributed by atoms with Gasteiger partial charge in [-0.1, -0.05) is 13.8 Å². The Morgan fingerprint density at radius 1 is 1.62 bits per heavy atom. The summed E-state index contributed by atoms with van der Waals surface area (Å²) >= 11 is 1.28. The van der Waals surface area contributed by atoms with E-state index in [4.69, 9.17) is 0 Å². The zero-order valence-electron chi connectivity index (χ0n) is 4.88. The lowest BCUT2D eigenvalue weighted by molar-refractivity contribution is 0.798. The van der Waals surface area contributed by atoms with Crippen LogP contribution in [0.4, 0.5) is 0 Å². The van der Waals surface area contributed by atoms with Crippen LogP contribution in [0, 0.1) is 5.51 Å². The summed E-state index contributed by atoms with van der Waals surface area (Å²) in [5.41, 5.74) is 2.69. The largest absolute Gasteiger partial charge is 0.216 e. The predicted octanol–water partition coefficient (Wildman–Crippen LogP) is 1.46. The number of aromatic nitrogens is 2. The lowest BCUT2D eigenvalue weighted by Gasteiger charge is -1.92. The van der Waals surface area contributed by atoms with E-state index in [0.29, 0.717) is 5.92 Å². The standard InChI is InChI=1S/C5H7N2S/c1-4(2)5-6-3-8-7-5/h4H,1-2H3. The molecule has 1 aromatic heterocycles. The SMILES string of the molecule is CC(C)c1n[c]sn1. The third-order valence-electron chi connectivity index (χ3n) is 0.857. The van der Waals surface area contributed by atoms with Gasteiger partial charge in [-0.05, 0) is 11.5 Å². The molecule has 1 aromatic rings. The molecule has 43 valence electrons. The van der Waals surface area contributed by atoms with Crippen molar-refractivity contribution in [2.45, 2.75) is 19.8 Å². The third kappa shape index (κ3) is 1.04. The van der Waals surface area contributed by atoms with Gasteiger partial charge < -0.3 is 0 Å². The fourth-order valence-corrected chi connectivity index (χ4v) is 0.910. The van der Waals surface area contributed by atoms with Crippen LogP contribution in [0.2, 0.25) is 0 Å². The van der Waals surface area contributed by atoms with Gasteiger partial charge in [0.2, 0.25) is 0 Å². The number of nitrogens with zero attached hydrogens (tertiary/aromatic N) is 2. The molecule has 0 fully saturated rings. The van der Waals surface area contributed by atoms with Crippen molar-refractivity contribution in [1.82, 2.24) is 9.36 Å². The zero-order chi connectivity index (χ0) is 5.98. The minimum atomic E-state index is 0.442. The van der Waals surface area contributed by atoms with E-state index in [0.717, 1.165) is 5.82 Å². The summed E-state index contributed by atoms with van der Waals surface area (Å²) in [6.07, 6.45) is 0. The molecule has 0 aliphatic heterocycles. The van der Waals surface area contributed by atoms with Crippen LogP contribution in [0.25, 0.3) is 0 Å². The molecule has 0 aromatic carbocycles. The van der Waals surface area contributed by atoms with Crippen molar-refractivity contribution >= 4 is 11.5 Å². The molecule has 2 nitrogen and oxygen atoms in total. The molecule has 0 amide bonds. The Hall–Kier alpha value is -0.440. The molecular weight excluding hydrogens is 120 g/mol. The lowest BCUT2D eigenvalue weighted by Crippen LogP contribution is -1.87. The lowest BCUT2D eigenvalue weighted by atomic mass is 10.2. The van der Waals surface area contributed by atoms with Gasteiger partial charge in [0.25, 0.3) is 0 Å². The molecule has 1 heterocycles. The third-order valence-corrected chi connectivity index (χ3v) is 1.31. The fraction of sp³-hybridized carbons (Fsp3) is 0.600. The number of hydrogen-bond acceptors (Lipinski definition) is 3. The first-order valence-corrected chi connectivity index (χ1v) is 3.27. The smallest absolute Gasteiger partial charge is 0.174 e. The Morgan fingerprint density at radius 2 is 2.38 bits per heavy atom. The summed E-state index contributed by atoms with van der Waals surface area (Å²) in [6, 6.07) is 0. The molecule has 0 bridgehead atoms. The van der Waals surface area contributed by atoms with Crippen molar-refractivity contribution in [3.63, 3.8) is 0 Å². The van der Waals surface area contributed by atoms with Gasteiger partial charge in [-0.15, -0.1) is 0 Å². The maximum Gasteiger partial charge on any atom is 0.174 e. The maximum atomic E-state index is 3.99. The van der Waals surface area contributed by atoms with Crippen LogP contribution in [-0.2, 0) is 0 Å². The average Bonchev–Trinajstić information content (AvgIpc) is 2.12. The molecule has 0 spiro atoms. The van der Waals surface area contributed by atoms with E-state index in [1.807, 2.05) is 0 Å². The van der Waals surface area contributed by atoms with Crippen molar-refractivity contribution in [2.24, 2.45) is 0 Å². The summed E-state index contributed by atoms with van der Waals surface area (Å²) in [7, 11) is 0. The zero-order valence-corrected chi connectivity index (χ0v) is 5.70. The van der Waals surface area contributed by atoms with Gasteiger partial charge in [0.15, 0.2) is 5.51 Å². The van der Waals surface area contributed by atoms with Crippen molar-refractivity contribution < 1.29 is 0 Å². The normalized spacial score (nSPS) is 10.4. The maximum absolute atomic E-state index is 3.99. The van der Waals surface area contributed by atoms with Crippen molar-refractivity contribution in [2.75, 3.05) is 0 Å². The van der Waals surface area contributed by atoms with E-state index >= 15 is 0 Å². The highest BCUT2D eigenvalue weighted by molar-refractivity contribution is 7.02. The van der Waals surface area contributed by atoms with Gasteiger partial charge in [-0.25, -0.2) is 4.98 Å². The molecule has 3 heteroatoms. The first kappa shape index (κ1) is 5.69. The Morgan fingerprint density at radius 3 is 2.62 bits per heavy atom. The summed E-state index contributed by atoms with van der Waals surface area (Å²) in [4.78, 5) is 3.90. The number of hydrogen-bond donors (Lipinski definition) is 0. The van der Waals surface area contributed by atoms with Crippen LogP contribution >= 0.6 is 11.5 Å². The Balaban J connectivity index is 2.77. The van der Waals surface area contributed by atoms with Gasteiger partial charge in [0.05, 0.1) is 0 Å². The molecule has 0 N–H and O–H groups in total. The molecule has 0 unspecified atom stereocenters. The van der Waals surface area contributed by atoms with Gasteiger partial charge in [-0.3, -0.25) is 0 Å². The highest BCUT2D eigenvalue weighted by Gasteiger charge is 2.00. The molecule has 0 saturated heterocycles. The van der Waals surface area contributed by atoms with E-state index in [9.17, 15) is 0 Å². The average molecular weight is 127 g/mol. The second kappa shape index (κ2) is 2.22. The van der Waals surface area contributed by atoms with E-state index in [1.54, 1.807) is 0 Å². The fourth-order valence-electron chi connectivity index (χ4n) is 0.389. The molecule has 0 atom stereocenters. The van der Waals surface area contributed by atoms with E-state index in [2.05, 4.69) is 28.7 Å². The highest BCUT2D eigenvalue weighted by atomic mass is 32.1. The Kier molecular flexibility index (Phi) is 1.58. The minimum absolute atomic E-state index is 0.442. The summed E-state index contributed by atoms with van der Waals surface area (Å²) in [5.74, 6) is 1.34. The minimum Gasteiger partial charge on any atom is -0.216 e. The van der Waals surface area contributed by atoms with Crippen LogP contribution in [0.3, 0.4) is 0 Å². The molecule has 1 rings (SSSR count). The van der Waals surface area contributed by atoms with Gasteiger partial charge in [0.1, 0.15) is 5.82 Å². The van der Waals surface area contributed by atoms with Gasteiger partial charge in [-0.2, -0.15) is 4.37 Å². The van der Waals surface area contributed by atoms with E-state index in [-0.39, 0.29) is 0 Å². The monoisotopic (exact) mass is 127 g/mol. The van der Waals surface area contributed by atoms with E-state index < -0.39 is 0 Å². The van der Waals surface area contributed by atoms with Crippen LogP contribution in [0.5, 0.6) is 0 Å². The topological polar surface area (TPSA) is 25.8 Å². The quantitative estimate of drug-likeness (QED) is 0.570. The first-order chi connectivity index (χ1) is 3.80. The molecule has 0 aliphatic rings. The van der Waals surface area contributed by atoms with Gasteiger partial charge in [0, 0.05) is 5.92 Å². The van der Waals surface area contributed by atoms with Crippen LogP contribution in [-0.4, -0.2) is 9.36 Å². The van der Waals surface area contributed by atoms with Gasteiger partial charge >= 0.3 is 0 Å². The molecule has 0 aliphatic carbocycles. The number of rotatable bonds is 1. The highest BCUT2D eigenvalue weighted by Crippen LogP contribution is 2.07. The Bertz CT molecular complexity index is 145. The first-order valence-electron chi connectivity index (χ1n) is 2.50. The summed E-state index contributed by atoms with van der Waals surface area (Å²) < 4.78 is 3.99.